The molecule has 0 unspecified atom stereocenters. The average Bonchev–Trinajstić information content (AvgIpc) is 2.94. The second-order valence-electron chi connectivity index (χ2n) is 5.71. The van der Waals surface area contributed by atoms with E-state index >= 15 is 0 Å². The van der Waals surface area contributed by atoms with Gasteiger partial charge in [-0.2, -0.15) is 0 Å². The zero-order valence-electron chi connectivity index (χ0n) is 12.8. The summed E-state index contributed by atoms with van der Waals surface area (Å²) >= 11 is 5.26. The van der Waals surface area contributed by atoms with Crippen LogP contribution in [0.25, 0.3) is 6.08 Å². The summed E-state index contributed by atoms with van der Waals surface area (Å²) in [4.78, 5) is 11.0. The molecule has 0 saturated heterocycles. The molecular formula is C18H16ClNO3S. The number of halogens is 1. The zero-order valence-corrected chi connectivity index (χ0v) is 14.3. The number of sulfonamides is 1. The van der Waals surface area contributed by atoms with Gasteiger partial charge < -0.3 is 0 Å². The molecule has 0 radical (unpaired) electrons. The van der Waals surface area contributed by atoms with Crippen molar-refractivity contribution in [1.29, 1.82) is 0 Å². The summed E-state index contributed by atoms with van der Waals surface area (Å²) in [6.07, 6.45) is 4.06. The van der Waals surface area contributed by atoms with Crippen molar-refractivity contribution in [2.75, 3.05) is 0 Å². The normalized spacial score (nSPS) is 14.9. The summed E-state index contributed by atoms with van der Waals surface area (Å²) in [6, 6.07) is 14.2. The third-order valence-corrected chi connectivity index (χ3v) is 5.59. The quantitative estimate of drug-likeness (QED) is 0.658. The Hall–Kier alpha value is -1.95. The fourth-order valence-electron chi connectivity index (χ4n) is 2.88. The highest BCUT2D eigenvalue weighted by molar-refractivity contribution is 7.89. The molecule has 0 fully saturated rings. The molecule has 24 heavy (non-hydrogen) atoms. The lowest BCUT2D eigenvalue weighted by atomic mass is 10.1. The van der Waals surface area contributed by atoms with Crippen LogP contribution in [-0.4, -0.2) is 19.7 Å². The number of hydrogen-bond donors (Lipinski definition) is 1. The van der Waals surface area contributed by atoms with Crippen molar-refractivity contribution in [3.63, 3.8) is 0 Å². The van der Waals surface area contributed by atoms with Crippen LogP contribution in [0.1, 0.15) is 16.7 Å². The minimum Gasteiger partial charge on any atom is -0.276 e. The number of fused-ring (bicyclic) bond motifs is 1. The standard InChI is InChI=1S/C18H16ClNO3S/c19-18(21)9-8-13-4-3-7-17(10-13)24(22,23)20-16-11-14-5-1-2-6-15(14)12-16/h1-10,16,20H,11-12H2. The van der Waals surface area contributed by atoms with E-state index in [1.807, 2.05) is 24.3 Å². The highest BCUT2D eigenvalue weighted by atomic mass is 35.5. The summed E-state index contributed by atoms with van der Waals surface area (Å²) < 4.78 is 28.0. The van der Waals surface area contributed by atoms with E-state index in [0.717, 1.165) is 0 Å². The molecular weight excluding hydrogens is 346 g/mol. The van der Waals surface area contributed by atoms with Crippen molar-refractivity contribution >= 4 is 32.9 Å². The van der Waals surface area contributed by atoms with Crippen LogP contribution in [0.5, 0.6) is 0 Å². The van der Waals surface area contributed by atoms with Crippen molar-refractivity contribution < 1.29 is 13.2 Å². The highest BCUT2D eigenvalue weighted by Crippen LogP contribution is 2.23. The summed E-state index contributed by atoms with van der Waals surface area (Å²) in [6.45, 7) is 0. The van der Waals surface area contributed by atoms with E-state index in [0.29, 0.717) is 18.4 Å². The Bertz CT molecular complexity index is 881. The van der Waals surface area contributed by atoms with Crippen molar-refractivity contribution in [3.8, 4) is 0 Å². The Labute approximate surface area is 146 Å². The fourth-order valence-corrected chi connectivity index (χ4v) is 4.23. The maximum absolute atomic E-state index is 12.6. The Morgan fingerprint density at radius 3 is 2.38 bits per heavy atom. The summed E-state index contributed by atoms with van der Waals surface area (Å²) in [5.41, 5.74) is 2.96. The zero-order chi connectivity index (χ0) is 17.2. The smallest absolute Gasteiger partial charge is 0.245 e. The average molecular weight is 362 g/mol. The first-order chi connectivity index (χ1) is 11.4. The van der Waals surface area contributed by atoms with Gasteiger partial charge in [0.1, 0.15) is 0 Å². The van der Waals surface area contributed by atoms with Gasteiger partial charge in [-0.05, 0) is 59.3 Å². The molecule has 4 nitrogen and oxygen atoms in total. The molecule has 3 rings (SSSR count). The van der Waals surface area contributed by atoms with Gasteiger partial charge >= 0.3 is 0 Å². The van der Waals surface area contributed by atoms with E-state index in [2.05, 4.69) is 4.72 Å². The molecule has 0 heterocycles. The van der Waals surface area contributed by atoms with E-state index in [-0.39, 0.29) is 10.9 Å². The number of carbonyl (C=O) groups is 1. The van der Waals surface area contributed by atoms with Crippen molar-refractivity contribution in [3.05, 3.63) is 71.3 Å². The Morgan fingerprint density at radius 1 is 1.08 bits per heavy atom. The van der Waals surface area contributed by atoms with Gasteiger partial charge in [0, 0.05) is 6.04 Å². The monoisotopic (exact) mass is 361 g/mol. The molecule has 0 bridgehead atoms. The lowest BCUT2D eigenvalue weighted by molar-refractivity contribution is -0.107. The van der Waals surface area contributed by atoms with Crippen LogP contribution in [0.4, 0.5) is 0 Å². The van der Waals surface area contributed by atoms with Crippen molar-refractivity contribution in [1.82, 2.24) is 4.72 Å². The number of rotatable bonds is 5. The third kappa shape index (κ3) is 3.93. The molecule has 0 amide bonds. The molecule has 0 aliphatic heterocycles. The second-order valence-corrected chi connectivity index (χ2v) is 7.79. The predicted molar refractivity (Wildman–Crippen MR) is 94.3 cm³/mol. The van der Waals surface area contributed by atoms with E-state index in [9.17, 15) is 13.2 Å². The number of hydrogen-bond acceptors (Lipinski definition) is 3. The van der Waals surface area contributed by atoms with Crippen LogP contribution in [0.2, 0.25) is 0 Å². The molecule has 0 spiro atoms. The third-order valence-electron chi connectivity index (χ3n) is 3.95. The molecule has 2 aromatic carbocycles. The van der Waals surface area contributed by atoms with Gasteiger partial charge in [0.25, 0.3) is 0 Å². The molecule has 6 heteroatoms. The van der Waals surface area contributed by atoms with Gasteiger partial charge in [0.05, 0.1) is 4.90 Å². The SMILES string of the molecule is O=C(Cl)C=Cc1cccc(S(=O)(=O)NC2Cc3ccccc3C2)c1. The van der Waals surface area contributed by atoms with Crippen LogP contribution in [0.3, 0.4) is 0 Å². The number of carbonyl (C=O) groups excluding carboxylic acids is 1. The van der Waals surface area contributed by atoms with Crippen molar-refractivity contribution in [2.45, 2.75) is 23.8 Å². The maximum atomic E-state index is 12.6. The van der Waals surface area contributed by atoms with Crippen LogP contribution in [-0.2, 0) is 27.7 Å². The number of benzene rings is 2. The van der Waals surface area contributed by atoms with Crippen LogP contribution in [0.15, 0.2) is 59.5 Å². The first-order valence-corrected chi connectivity index (χ1v) is 9.37. The van der Waals surface area contributed by atoms with Gasteiger partial charge in [-0.1, -0.05) is 42.5 Å². The fraction of sp³-hybridized carbons (Fsp3) is 0.167. The van der Waals surface area contributed by atoms with Crippen LogP contribution >= 0.6 is 11.6 Å². The van der Waals surface area contributed by atoms with Crippen LogP contribution < -0.4 is 4.72 Å². The molecule has 1 aliphatic rings. The molecule has 2 aromatic rings. The maximum Gasteiger partial charge on any atom is 0.245 e. The van der Waals surface area contributed by atoms with Crippen LogP contribution in [0, 0.1) is 0 Å². The number of allylic oxidation sites excluding steroid dienone is 1. The minimum absolute atomic E-state index is 0.143. The molecule has 0 saturated carbocycles. The van der Waals surface area contributed by atoms with E-state index in [1.165, 1.54) is 35.4 Å². The first kappa shape index (κ1) is 16.9. The van der Waals surface area contributed by atoms with Gasteiger partial charge in [-0.3, -0.25) is 4.79 Å². The number of nitrogens with one attached hydrogen (secondary N) is 1. The Balaban J connectivity index is 1.77. The second kappa shape index (κ2) is 6.89. The molecule has 0 atom stereocenters. The van der Waals surface area contributed by atoms with Gasteiger partial charge in [0.2, 0.25) is 15.3 Å². The predicted octanol–water partition coefficient (Wildman–Crippen LogP) is 2.91. The largest absolute Gasteiger partial charge is 0.276 e. The van der Waals surface area contributed by atoms with Gasteiger partial charge in [0.15, 0.2) is 0 Å². The van der Waals surface area contributed by atoms with E-state index in [1.54, 1.807) is 12.1 Å². The Morgan fingerprint density at radius 2 is 1.75 bits per heavy atom. The van der Waals surface area contributed by atoms with E-state index in [4.69, 9.17) is 11.6 Å². The molecule has 124 valence electrons. The lowest BCUT2D eigenvalue weighted by Crippen LogP contribution is -2.35. The van der Waals surface area contributed by atoms with Gasteiger partial charge in [-0.15, -0.1) is 0 Å². The topological polar surface area (TPSA) is 63.2 Å². The highest BCUT2D eigenvalue weighted by Gasteiger charge is 2.26. The summed E-state index contributed by atoms with van der Waals surface area (Å²) in [5.74, 6) is 0. The van der Waals surface area contributed by atoms with Gasteiger partial charge in [-0.25, -0.2) is 13.1 Å². The Kier molecular flexibility index (Phi) is 4.85. The minimum atomic E-state index is -3.62. The first-order valence-electron chi connectivity index (χ1n) is 7.51. The molecule has 1 N–H and O–H groups in total. The summed E-state index contributed by atoms with van der Waals surface area (Å²) in [7, 11) is -3.62. The van der Waals surface area contributed by atoms with E-state index < -0.39 is 15.3 Å². The summed E-state index contributed by atoms with van der Waals surface area (Å²) in [5, 5.41) is -0.606. The lowest BCUT2D eigenvalue weighted by Gasteiger charge is -2.13. The molecule has 1 aliphatic carbocycles. The molecule has 0 aromatic heterocycles. The van der Waals surface area contributed by atoms with Crippen molar-refractivity contribution in [2.24, 2.45) is 0 Å².